The molecule has 8 nitrogen and oxygen atoms in total. The van der Waals surface area contributed by atoms with E-state index in [1.807, 2.05) is 0 Å². The molecule has 2 aliphatic rings. The van der Waals surface area contributed by atoms with E-state index < -0.39 is 17.8 Å². The first-order valence-electron chi connectivity index (χ1n) is 15.2. The van der Waals surface area contributed by atoms with E-state index in [1.165, 1.54) is 37.1 Å². The molecule has 1 aliphatic carbocycles. The number of ether oxygens (including phenoxy) is 3. The first kappa shape index (κ1) is 33.3. The van der Waals surface area contributed by atoms with E-state index in [4.69, 9.17) is 30.9 Å². The number of allylic oxidation sites excluding steroid dienone is 1. The summed E-state index contributed by atoms with van der Waals surface area (Å²) in [5, 5.41) is 8.65. The predicted molar refractivity (Wildman–Crippen MR) is 180 cm³/mol. The van der Waals surface area contributed by atoms with E-state index in [0.29, 0.717) is 55.2 Å². The Balaban J connectivity index is 1.36. The molecule has 1 saturated carbocycles. The van der Waals surface area contributed by atoms with Gasteiger partial charge in [-0.2, -0.15) is 4.98 Å². The van der Waals surface area contributed by atoms with Crippen LogP contribution in [0.25, 0.3) is 0 Å². The standard InChI is InChI=1S/C34H32BrClF2N4O4S/c1-19-29(32(43)46-22-10-4-3-5-11-22)30(42-33(39-19)40-34(41-42)47-18-20-9-6-7-13-26(20)37)21-15-24(35)31(28(16-21)44-2)45-17-23-25(36)12-8-14-27(23)38/h6-9,12-16,22,30H,3-5,10-11,17-18H2,1-2H3,(H,39,40,41). The van der Waals surface area contributed by atoms with Gasteiger partial charge in [0.2, 0.25) is 11.1 Å². The number of esters is 1. The number of nitrogens with zero attached hydrogens (tertiary/aromatic N) is 3. The molecule has 1 unspecified atom stereocenters. The van der Waals surface area contributed by atoms with Crippen LogP contribution in [0.1, 0.15) is 61.8 Å². The Hall–Kier alpha value is -3.61. The van der Waals surface area contributed by atoms with Gasteiger partial charge in [-0.3, -0.25) is 0 Å². The van der Waals surface area contributed by atoms with Crippen LogP contribution in [0.2, 0.25) is 5.02 Å². The Morgan fingerprint density at radius 2 is 1.87 bits per heavy atom. The highest BCUT2D eigenvalue weighted by Gasteiger charge is 2.37. The SMILES string of the molecule is COc1cc(C2C(C(=O)OC3CCCCC3)=C(C)Nc3nc(SCc4ccccc4F)nn32)cc(Br)c1OCc1c(F)cccc1Cl. The number of rotatable bonds is 10. The van der Waals surface area contributed by atoms with Crippen molar-refractivity contribution in [2.24, 2.45) is 0 Å². The highest BCUT2D eigenvalue weighted by molar-refractivity contribution is 9.10. The Morgan fingerprint density at radius 3 is 2.62 bits per heavy atom. The molecule has 1 atom stereocenters. The molecule has 4 aromatic rings. The molecule has 1 fully saturated rings. The van der Waals surface area contributed by atoms with Gasteiger partial charge in [0.05, 0.1) is 22.2 Å². The monoisotopic (exact) mass is 744 g/mol. The third-order valence-corrected chi connectivity index (χ3v) is 10.0. The number of methoxy groups -OCH3 is 1. The molecule has 1 aliphatic heterocycles. The van der Waals surface area contributed by atoms with E-state index in [2.05, 4.69) is 26.2 Å². The maximum absolute atomic E-state index is 14.5. The third kappa shape index (κ3) is 7.29. The largest absolute Gasteiger partial charge is 0.493 e. The van der Waals surface area contributed by atoms with Gasteiger partial charge in [0, 0.05) is 17.0 Å². The zero-order valence-corrected chi connectivity index (χ0v) is 28.9. The van der Waals surface area contributed by atoms with Gasteiger partial charge in [-0.15, -0.1) is 5.10 Å². The van der Waals surface area contributed by atoms with Crippen molar-refractivity contribution in [1.29, 1.82) is 0 Å². The van der Waals surface area contributed by atoms with Gasteiger partial charge in [-0.05, 0) is 90.0 Å². The van der Waals surface area contributed by atoms with Gasteiger partial charge in [-0.25, -0.2) is 18.3 Å². The minimum Gasteiger partial charge on any atom is -0.493 e. The maximum atomic E-state index is 14.5. The average molecular weight is 746 g/mol. The summed E-state index contributed by atoms with van der Waals surface area (Å²) in [4.78, 5) is 18.6. The highest BCUT2D eigenvalue weighted by atomic mass is 79.9. The van der Waals surface area contributed by atoms with Crippen molar-refractivity contribution in [3.05, 3.63) is 104 Å². The Bertz CT molecular complexity index is 1810. The lowest BCUT2D eigenvalue weighted by Gasteiger charge is -2.30. The number of fused-ring (bicyclic) bond motifs is 1. The number of thioether (sulfide) groups is 1. The fourth-order valence-corrected chi connectivity index (χ4v) is 7.38. The van der Waals surface area contributed by atoms with E-state index in [9.17, 15) is 13.6 Å². The molecule has 2 heterocycles. The molecule has 6 rings (SSSR count). The molecule has 13 heteroatoms. The van der Waals surface area contributed by atoms with E-state index >= 15 is 0 Å². The quantitative estimate of drug-likeness (QED) is 0.127. The molecule has 1 aromatic heterocycles. The van der Waals surface area contributed by atoms with Gasteiger partial charge >= 0.3 is 5.97 Å². The Labute approximate surface area is 289 Å². The topological polar surface area (TPSA) is 87.5 Å². The smallest absolute Gasteiger partial charge is 0.338 e. The highest BCUT2D eigenvalue weighted by Crippen LogP contribution is 2.44. The zero-order chi connectivity index (χ0) is 33.1. The van der Waals surface area contributed by atoms with E-state index in [0.717, 1.165) is 32.1 Å². The van der Waals surface area contributed by atoms with Crippen LogP contribution in [-0.4, -0.2) is 33.9 Å². The Morgan fingerprint density at radius 1 is 1.11 bits per heavy atom. The van der Waals surface area contributed by atoms with Crippen LogP contribution in [0.3, 0.4) is 0 Å². The molecule has 0 saturated heterocycles. The van der Waals surface area contributed by atoms with Gasteiger partial charge in [0.15, 0.2) is 11.5 Å². The number of anilines is 1. The van der Waals surface area contributed by atoms with Crippen molar-refractivity contribution < 1.29 is 27.8 Å². The van der Waals surface area contributed by atoms with Crippen molar-refractivity contribution in [3.8, 4) is 11.5 Å². The fourth-order valence-electron chi connectivity index (χ4n) is 5.77. The molecule has 0 amide bonds. The first-order valence-corrected chi connectivity index (χ1v) is 17.3. The number of halogens is 4. The summed E-state index contributed by atoms with van der Waals surface area (Å²) in [5.74, 6) is 0.178. The second kappa shape index (κ2) is 14.7. The average Bonchev–Trinajstić information content (AvgIpc) is 3.46. The van der Waals surface area contributed by atoms with Gasteiger partial charge in [0.1, 0.15) is 30.4 Å². The number of benzene rings is 3. The first-order chi connectivity index (χ1) is 22.7. The zero-order valence-electron chi connectivity index (χ0n) is 25.7. The minimum absolute atomic E-state index is 0.138. The number of carbonyl (C=O) groups is 1. The Kier molecular flexibility index (Phi) is 10.4. The summed E-state index contributed by atoms with van der Waals surface area (Å²) in [6.07, 6.45) is 4.62. The van der Waals surface area contributed by atoms with Gasteiger partial charge in [-0.1, -0.05) is 54.0 Å². The second-order valence-corrected chi connectivity index (χ2v) is 13.5. The number of carbonyl (C=O) groups excluding carboxylic acids is 1. The van der Waals surface area contributed by atoms with Crippen LogP contribution < -0.4 is 14.8 Å². The lowest BCUT2D eigenvalue weighted by Crippen LogP contribution is -2.32. The molecule has 0 bridgehead atoms. The second-order valence-electron chi connectivity index (χ2n) is 11.3. The number of aromatic nitrogens is 3. The predicted octanol–water partition coefficient (Wildman–Crippen LogP) is 9.02. The summed E-state index contributed by atoms with van der Waals surface area (Å²) >= 11 is 11.1. The van der Waals surface area contributed by atoms with Gasteiger partial charge < -0.3 is 19.5 Å². The molecular formula is C34H32BrClF2N4O4S. The van der Waals surface area contributed by atoms with Crippen LogP contribution in [0.5, 0.6) is 11.5 Å². The maximum Gasteiger partial charge on any atom is 0.338 e. The molecule has 0 spiro atoms. The summed E-state index contributed by atoms with van der Waals surface area (Å²) in [6, 6.07) is 13.8. The van der Waals surface area contributed by atoms with Crippen molar-refractivity contribution in [3.63, 3.8) is 0 Å². The molecule has 1 N–H and O–H groups in total. The van der Waals surface area contributed by atoms with Crippen molar-refractivity contribution in [1.82, 2.24) is 14.8 Å². The van der Waals surface area contributed by atoms with Crippen LogP contribution in [-0.2, 0) is 21.9 Å². The van der Waals surface area contributed by atoms with Crippen molar-refractivity contribution in [2.45, 2.75) is 68.7 Å². The van der Waals surface area contributed by atoms with Crippen LogP contribution in [0.15, 0.2) is 75.5 Å². The normalized spacial score (nSPS) is 16.4. The molecule has 0 radical (unpaired) electrons. The molecule has 246 valence electrons. The van der Waals surface area contributed by atoms with Crippen LogP contribution in [0.4, 0.5) is 14.7 Å². The fraction of sp³-hybridized carbons (Fsp3) is 0.324. The summed E-state index contributed by atoms with van der Waals surface area (Å²) < 4.78 is 48.8. The number of hydrogen-bond acceptors (Lipinski definition) is 8. The van der Waals surface area contributed by atoms with Crippen molar-refractivity contribution in [2.75, 3.05) is 12.4 Å². The van der Waals surface area contributed by atoms with Crippen molar-refractivity contribution >= 4 is 51.2 Å². The number of nitrogens with one attached hydrogen (secondary N) is 1. The number of hydrogen-bond donors (Lipinski definition) is 1. The van der Waals surface area contributed by atoms with E-state index in [1.54, 1.807) is 48.0 Å². The van der Waals surface area contributed by atoms with E-state index in [-0.39, 0.29) is 29.1 Å². The van der Waals surface area contributed by atoms with Crippen LogP contribution >= 0.6 is 39.3 Å². The minimum atomic E-state index is -0.752. The molecule has 3 aromatic carbocycles. The van der Waals surface area contributed by atoms with Gasteiger partial charge in [0.25, 0.3) is 0 Å². The third-order valence-electron chi connectivity index (χ3n) is 8.18. The van der Waals surface area contributed by atoms with Crippen LogP contribution in [0, 0.1) is 11.6 Å². The lowest BCUT2D eigenvalue weighted by molar-refractivity contribution is -0.146. The summed E-state index contributed by atoms with van der Waals surface area (Å²) in [6.45, 7) is 1.66. The summed E-state index contributed by atoms with van der Waals surface area (Å²) in [7, 11) is 1.49. The molecular weight excluding hydrogens is 714 g/mol. The summed E-state index contributed by atoms with van der Waals surface area (Å²) in [5.41, 5.74) is 2.33. The lowest BCUT2D eigenvalue weighted by atomic mass is 9.94. The molecule has 47 heavy (non-hydrogen) atoms.